The third kappa shape index (κ3) is 4.42. The molecule has 0 unspecified atom stereocenters. The molecular formula is C15H30O9Si3. The first-order chi connectivity index (χ1) is 12.9. The van der Waals surface area contributed by atoms with Gasteiger partial charge in [-0.05, 0) is 18.2 Å². The van der Waals surface area contributed by atoms with Gasteiger partial charge in [0, 0.05) is 79.5 Å². The Morgan fingerprint density at radius 2 is 0.519 bits per heavy atom. The molecule has 0 aliphatic carbocycles. The maximum atomic E-state index is 5.64. The van der Waals surface area contributed by atoms with Crippen LogP contribution >= 0.6 is 0 Å². The van der Waals surface area contributed by atoms with E-state index >= 15 is 0 Å². The zero-order valence-electron chi connectivity index (χ0n) is 17.4. The Kier molecular flexibility index (Phi) is 9.40. The van der Waals surface area contributed by atoms with Gasteiger partial charge >= 0.3 is 26.4 Å². The van der Waals surface area contributed by atoms with Crippen molar-refractivity contribution in [3.63, 3.8) is 0 Å². The van der Waals surface area contributed by atoms with E-state index in [0.717, 1.165) is 0 Å². The van der Waals surface area contributed by atoms with Gasteiger partial charge in [0.05, 0.1) is 0 Å². The molecule has 0 aromatic heterocycles. The first-order valence-electron chi connectivity index (χ1n) is 7.99. The van der Waals surface area contributed by atoms with E-state index in [4.69, 9.17) is 39.8 Å². The van der Waals surface area contributed by atoms with Crippen molar-refractivity contribution in [1.29, 1.82) is 0 Å². The molecule has 9 nitrogen and oxygen atoms in total. The van der Waals surface area contributed by atoms with Gasteiger partial charge in [0.15, 0.2) is 0 Å². The maximum Gasteiger partial charge on any atom is 0.536 e. The molecule has 0 bridgehead atoms. The predicted molar refractivity (Wildman–Crippen MR) is 106 cm³/mol. The van der Waals surface area contributed by atoms with E-state index in [2.05, 4.69) is 0 Å². The summed E-state index contributed by atoms with van der Waals surface area (Å²) in [6.07, 6.45) is 0. The van der Waals surface area contributed by atoms with Crippen molar-refractivity contribution in [2.45, 2.75) is 0 Å². The van der Waals surface area contributed by atoms with Crippen molar-refractivity contribution in [3.05, 3.63) is 18.2 Å². The summed E-state index contributed by atoms with van der Waals surface area (Å²) >= 11 is 0. The van der Waals surface area contributed by atoms with E-state index in [-0.39, 0.29) is 0 Å². The standard InChI is InChI=1S/C15H30O9Si3/c1-16-25(17-2,18-3)13-10-14(26(19-4,20-5)21-6)12-15(11-13)27(22-7,23-8)24-9/h10-12H,1-9H3. The lowest BCUT2D eigenvalue weighted by Crippen LogP contribution is -2.64. The molecule has 0 saturated heterocycles. The first-order valence-corrected chi connectivity index (χ1v) is 13.2. The average Bonchev–Trinajstić information content (AvgIpc) is 2.73. The molecule has 0 N–H and O–H groups in total. The van der Waals surface area contributed by atoms with Crippen molar-refractivity contribution in [2.75, 3.05) is 64.0 Å². The van der Waals surface area contributed by atoms with Crippen LogP contribution in [0.25, 0.3) is 0 Å². The van der Waals surface area contributed by atoms with Crippen LogP contribution in [0, 0.1) is 0 Å². The quantitative estimate of drug-likeness (QED) is 0.379. The monoisotopic (exact) mass is 438 g/mol. The molecule has 0 aliphatic heterocycles. The molecule has 1 aromatic carbocycles. The van der Waals surface area contributed by atoms with Gasteiger partial charge in [-0.3, -0.25) is 0 Å². The maximum absolute atomic E-state index is 5.64. The fourth-order valence-electron chi connectivity index (χ4n) is 2.97. The van der Waals surface area contributed by atoms with Gasteiger partial charge in [-0.25, -0.2) is 0 Å². The van der Waals surface area contributed by atoms with E-state index in [1.165, 1.54) is 64.0 Å². The average molecular weight is 439 g/mol. The van der Waals surface area contributed by atoms with Gasteiger partial charge in [-0.1, -0.05) is 0 Å². The molecule has 12 heteroatoms. The summed E-state index contributed by atoms with van der Waals surface area (Å²) in [6, 6.07) is 5.53. The lowest BCUT2D eigenvalue weighted by atomic mass is 10.3. The van der Waals surface area contributed by atoms with Crippen molar-refractivity contribution < 1.29 is 39.8 Å². The summed E-state index contributed by atoms with van der Waals surface area (Å²) in [7, 11) is 4.27. The van der Waals surface area contributed by atoms with E-state index in [1.54, 1.807) is 0 Å². The van der Waals surface area contributed by atoms with Crippen LogP contribution in [-0.4, -0.2) is 90.4 Å². The summed E-state index contributed by atoms with van der Waals surface area (Å²) in [6.45, 7) is 0. The molecule has 1 aromatic rings. The molecule has 0 aliphatic rings. The topological polar surface area (TPSA) is 83.1 Å². The lowest BCUT2D eigenvalue weighted by Gasteiger charge is -2.31. The third-order valence-corrected chi connectivity index (χ3v) is 12.2. The van der Waals surface area contributed by atoms with Crippen molar-refractivity contribution in [3.8, 4) is 0 Å². The van der Waals surface area contributed by atoms with Crippen LogP contribution < -0.4 is 15.6 Å². The number of benzene rings is 1. The Morgan fingerprint density at radius 3 is 0.630 bits per heavy atom. The smallest absolute Gasteiger partial charge is 0.373 e. The SMILES string of the molecule is CO[Si](OC)(OC)c1cc([Si](OC)(OC)OC)cc([Si](OC)(OC)OC)c1. The van der Waals surface area contributed by atoms with Crippen LogP contribution in [0.5, 0.6) is 0 Å². The predicted octanol–water partition coefficient (Wildman–Crippen LogP) is -1.06. The largest absolute Gasteiger partial charge is 0.536 e. The second-order valence-corrected chi connectivity index (χ2v) is 14.0. The summed E-state index contributed by atoms with van der Waals surface area (Å²) in [5.41, 5.74) is 0. The van der Waals surface area contributed by atoms with Gasteiger partial charge in [-0.15, -0.1) is 0 Å². The third-order valence-electron chi connectivity index (χ3n) is 4.41. The highest BCUT2D eigenvalue weighted by Gasteiger charge is 2.49. The Labute approximate surface area is 164 Å². The van der Waals surface area contributed by atoms with Crippen LogP contribution in [0.15, 0.2) is 18.2 Å². The normalized spacial score (nSPS) is 13.2. The number of hydrogen-bond donors (Lipinski definition) is 0. The van der Waals surface area contributed by atoms with Gasteiger partial charge in [0.25, 0.3) is 0 Å². The summed E-state index contributed by atoms with van der Waals surface area (Å²) in [5, 5.41) is 2.02. The fourth-order valence-corrected chi connectivity index (χ4v) is 9.02. The van der Waals surface area contributed by atoms with E-state index in [1.807, 2.05) is 18.2 Å². The molecule has 0 atom stereocenters. The Morgan fingerprint density at radius 1 is 0.370 bits per heavy atom. The number of hydrogen-bond acceptors (Lipinski definition) is 9. The summed E-state index contributed by atoms with van der Waals surface area (Å²) < 4.78 is 50.8. The van der Waals surface area contributed by atoms with Gasteiger partial charge in [0.1, 0.15) is 0 Å². The zero-order valence-corrected chi connectivity index (χ0v) is 20.4. The molecule has 0 fully saturated rings. The molecule has 0 radical (unpaired) electrons. The van der Waals surface area contributed by atoms with E-state index in [0.29, 0.717) is 15.6 Å². The van der Waals surface area contributed by atoms with Crippen LogP contribution in [0.1, 0.15) is 0 Å². The van der Waals surface area contributed by atoms with E-state index in [9.17, 15) is 0 Å². The zero-order chi connectivity index (χ0) is 20.7. The second-order valence-electron chi connectivity index (χ2n) is 5.30. The highest BCUT2D eigenvalue weighted by Crippen LogP contribution is 2.13. The van der Waals surface area contributed by atoms with Gasteiger partial charge in [-0.2, -0.15) is 0 Å². The van der Waals surface area contributed by atoms with Crippen LogP contribution in [0.2, 0.25) is 0 Å². The van der Waals surface area contributed by atoms with Gasteiger partial charge < -0.3 is 39.8 Å². The molecule has 0 heterocycles. The lowest BCUT2D eigenvalue weighted by molar-refractivity contribution is 0.138. The minimum absolute atomic E-state index is 0.675. The minimum Gasteiger partial charge on any atom is -0.373 e. The Bertz CT molecular complexity index is 472. The molecular weight excluding hydrogens is 408 g/mol. The number of rotatable bonds is 12. The molecule has 0 amide bonds. The van der Waals surface area contributed by atoms with E-state index < -0.39 is 26.4 Å². The van der Waals surface area contributed by atoms with Crippen molar-refractivity contribution in [1.82, 2.24) is 0 Å². The summed E-state index contributed by atoms with van der Waals surface area (Å²) in [5.74, 6) is 0. The van der Waals surface area contributed by atoms with Crippen LogP contribution in [-0.2, 0) is 39.8 Å². The Balaban J connectivity index is 3.86. The minimum atomic E-state index is -3.18. The van der Waals surface area contributed by atoms with Crippen molar-refractivity contribution in [2.24, 2.45) is 0 Å². The highest BCUT2D eigenvalue weighted by atomic mass is 28.4. The van der Waals surface area contributed by atoms with Crippen LogP contribution in [0.4, 0.5) is 0 Å². The fraction of sp³-hybridized carbons (Fsp3) is 0.600. The molecule has 0 saturated carbocycles. The molecule has 0 spiro atoms. The van der Waals surface area contributed by atoms with Gasteiger partial charge in [0.2, 0.25) is 0 Å². The highest BCUT2D eigenvalue weighted by molar-refractivity contribution is 6.81. The molecule has 1 rings (SSSR count). The first kappa shape index (κ1) is 24.5. The van der Waals surface area contributed by atoms with Crippen LogP contribution in [0.3, 0.4) is 0 Å². The summed E-state index contributed by atoms with van der Waals surface area (Å²) in [4.78, 5) is 0. The Hall–Kier alpha value is -0.489. The second kappa shape index (κ2) is 10.3. The molecule has 27 heavy (non-hydrogen) atoms. The van der Waals surface area contributed by atoms with Crippen molar-refractivity contribution >= 4 is 42.0 Å². The molecule has 156 valence electrons.